The average molecular weight is 253 g/mol. The molecular formula is C11H15N3O2S. The van der Waals surface area contributed by atoms with Crippen LogP contribution in [-0.4, -0.2) is 35.0 Å². The SMILES string of the molecule is CC(=O)NC1=NC(=O)/C(=C\N2CCCCC2)S1. The number of amidine groups is 1. The van der Waals surface area contributed by atoms with Crippen LogP contribution in [0.1, 0.15) is 26.2 Å². The predicted molar refractivity (Wildman–Crippen MR) is 67.4 cm³/mol. The van der Waals surface area contributed by atoms with Gasteiger partial charge in [-0.1, -0.05) is 0 Å². The van der Waals surface area contributed by atoms with Crippen molar-refractivity contribution in [2.24, 2.45) is 4.99 Å². The smallest absolute Gasteiger partial charge is 0.287 e. The molecule has 5 nitrogen and oxygen atoms in total. The maximum atomic E-state index is 11.6. The number of carbonyl (C=O) groups excluding carboxylic acids is 2. The first-order valence-corrected chi connectivity index (χ1v) is 6.51. The number of likely N-dealkylation sites (tertiary alicyclic amines) is 1. The second-order valence-electron chi connectivity index (χ2n) is 4.10. The molecule has 0 saturated carbocycles. The second-order valence-corrected chi connectivity index (χ2v) is 5.13. The van der Waals surface area contributed by atoms with Gasteiger partial charge in [0.1, 0.15) is 0 Å². The molecule has 0 aromatic rings. The third kappa shape index (κ3) is 3.33. The summed E-state index contributed by atoms with van der Waals surface area (Å²) in [6.45, 7) is 3.39. The Bertz CT molecular complexity index is 398. The molecule has 2 amide bonds. The Hall–Kier alpha value is -1.30. The molecule has 0 aromatic heterocycles. The highest BCUT2D eigenvalue weighted by Crippen LogP contribution is 2.26. The Kier molecular flexibility index (Phi) is 3.83. The van der Waals surface area contributed by atoms with E-state index in [4.69, 9.17) is 0 Å². The van der Waals surface area contributed by atoms with Crippen molar-refractivity contribution in [2.45, 2.75) is 26.2 Å². The van der Waals surface area contributed by atoms with Crippen molar-refractivity contribution in [3.05, 3.63) is 11.1 Å². The molecule has 6 heteroatoms. The Balaban J connectivity index is 1.97. The van der Waals surface area contributed by atoms with Gasteiger partial charge in [0.15, 0.2) is 5.17 Å². The predicted octanol–water partition coefficient (Wildman–Crippen LogP) is 1.08. The summed E-state index contributed by atoms with van der Waals surface area (Å²) in [6, 6.07) is 0. The van der Waals surface area contributed by atoms with E-state index in [1.165, 1.54) is 37.9 Å². The lowest BCUT2D eigenvalue weighted by molar-refractivity contribution is -0.117. The Morgan fingerprint density at radius 1 is 1.41 bits per heavy atom. The second kappa shape index (κ2) is 5.35. The number of hydrogen-bond acceptors (Lipinski definition) is 4. The lowest BCUT2D eigenvalue weighted by Crippen LogP contribution is -2.25. The fraction of sp³-hybridized carbons (Fsp3) is 0.545. The van der Waals surface area contributed by atoms with Crippen molar-refractivity contribution >= 4 is 28.7 Å². The molecule has 0 unspecified atom stereocenters. The van der Waals surface area contributed by atoms with Gasteiger partial charge in [0, 0.05) is 26.2 Å². The van der Waals surface area contributed by atoms with E-state index in [0.717, 1.165) is 13.1 Å². The van der Waals surface area contributed by atoms with E-state index in [0.29, 0.717) is 10.1 Å². The van der Waals surface area contributed by atoms with Gasteiger partial charge in [0.25, 0.3) is 5.91 Å². The number of rotatable bonds is 1. The first-order chi connectivity index (χ1) is 8.15. The van der Waals surface area contributed by atoms with Gasteiger partial charge in [-0.3, -0.25) is 9.59 Å². The van der Waals surface area contributed by atoms with Crippen molar-refractivity contribution in [1.29, 1.82) is 0 Å². The molecule has 0 spiro atoms. The van der Waals surface area contributed by atoms with Crippen molar-refractivity contribution in [1.82, 2.24) is 10.2 Å². The van der Waals surface area contributed by atoms with Crippen LogP contribution >= 0.6 is 11.8 Å². The monoisotopic (exact) mass is 253 g/mol. The fourth-order valence-corrected chi connectivity index (χ4v) is 2.68. The van der Waals surface area contributed by atoms with E-state index in [1.807, 2.05) is 6.20 Å². The number of nitrogens with one attached hydrogen (secondary N) is 1. The maximum Gasteiger partial charge on any atom is 0.287 e. The van der Waals surface area contributed by atoms with Gasteiger partial charge in [-0.25, -0.2) is 0 Å². The summed E-state index contributed by atoms with van der Waals surface area (Å²) in [5.74, 6) is -0.465. The van der Waals surface area contributed by atoms with Gasteiger partial charge in [-0.05, 0) is 31.0 Å². The number of aliphatic imine (C=N–C) groups is 1. The topological polar surface area (TPSA) is 61.8 Å². The van der Waals surface area contributed by atoms with Gasteiger partial charge >= 0.3 is 0 Å². The minimum absolute atomic E-state index is 0.205. The third-order valence-corrected chi connectivity index (χ3v) is 3.48. The van der Waals surface area contributed by atoms with Gasteiger partial charge in [0.2, 0.25) is 5.91 Å². The van der Waals surface area contributed by atoms with Crippen LogP contribution in [0, 0.1) is 0 Å². The van der Waals surface area contributed by atoms with E-state index in [1.54, 1.807) is 0 Å². The molecule has 2 rings (SSSR count). The van der Waals surface area contributed by atoms with E-state index in [9.17, 15) is 9.59 Å². The van der Waals surface area contributed by atoms with Crippen LogP contribution in [0.15, 0.2) is 16.1 Å². The molecule has 0 aliphatic carbocycles. The minimum atomic E-state index is -0.260. The van der Waals surface area contributed by atoms with Gasteiger partial charge in [-0.15, -0.1) is 0 Å². The number of amides is 2. The quantitative estimate of drug-likeness (QED) is 0.710. The minimum Gasteiger partial charge on any atom is -0.376 e. The van der Waals surface area contributed by atoms with Crippen LogP contribution in [0.5, 0.6) is 0 Å². The maximum absolute atomic E-state index is 11.6. The highest BCUT2D eigenvalue weighted by molar-refractivity contribution is 8.18. The number of piperidine rings is 1. The van der Waals surface area contributed by atoms with Crippen LogP contribution in [0.25, 0.3) is 0 Å². The molecule has 0 radical (unpaired) electrons. The first-order valence-electron chi connectivity index (χ1n) is 5.69. The van der Waals surface area contributed by atoms with Gasteiger partial charge in [0.05, 0.1) is 4.91 Å². The van der Waals surface area contributed by atoms with Crippen LogP contribution in [0.2, 0.25) is 0 Å². The molecule has 1 fully saturated rings. The van der Waals surface area contributed by atoms with Crippen LogP contribution in [0.4, 0.5) is 0 Å². The van der Waals surface area contributed by atoms with Crippen LogP contribution in [0.3, 0.4) is 0 Å². The zero-order valence-corrected chi connectivity index (χ0v) is 10.5. The average Bonchev–Trinajstić information content (AvgIpc) is 2.59. The van der Waals surface area contributed by atoms with Gasteiger partial charge in [-0.2, -0.15) is 4.99 Å². The molecule has 0 atom stereocenters. The zero-order chi connectivity index (χ0) is 12.3. The molecule has 2 aliphatic heterocycles. The highest BCUT2D eigenvalue weighted by atomic mass is 32.2. The normalized spacial score (nSPS) is 22.9. The lowest BCUT2D eigenvalue weighted by Gasteiger charge is -2.25. The highest BCUT2D eigenvalue weighted by Gasteiger charge is 2.23. The molecule has 1 N–H and O–H groups in total. The summed E-state index contributed by atoms with van der Waals surface area (Å²) >= 11 is 1.23. The van der Waals surface area contributed by atoms with Crippen LogP contribution in [-0.2, 0) is 9.59 Å². The third-order valence-electron chi connectivity index (χ3n) is 2.59. The van der Waals surface area contributed by atoms with E-state index < -0.39 is 0 Å². The van der Waals surface area contributed by atoms with Crippen molar-refractivity contribution in [3.8, 4) is 0 Å². The van der Waals surface area contributed by atoms with Gasteiger partial charge < -0.3 is 10.2 Å². The number of hydrogen-bond donors (Lipinski definition) is 1. The lowest BCUT2D eigenvalue weighted by atomic mass is 10.1. The molecule has 92 valence electrons. The standard InChI is InChI=1S/C11H15N3O2S/c1-8(15)12-11-13-10(16)9(17-11)7-14-5-3-2-4-6-14/h7H,2-6H2,1H3,(H,12,13,15,16)/b9-7+. The molecule has 1 saturated heterocycles. The Morgan fingerprint density at radius 3 is 2.76 bits per heavy atom. The van der Waals surface area contributed by atoms with E-state index in [-0.39, 0.29) is 11.8 Å². The summed E-state index contributed by atoms with van der Waals surface area (Å²) in [7, 11) is 0. The summed E-state index contributed by atoms with van der Waals surface area (Å²) in [4.78, 5) is 29.0. The number of carbonyl (C=O) groups is 2. The molecule has 2 aliphatic rings. The number of thioether (sulfide) groups is 1. The van der Waals surface area contributed by atoms with E-state index in [2.05, 4.69) is 15.2 Å². The van der Waals surface area contributed by atoms with Crippen molar-refractivity contribution in [2.75, 3.05) is 13.1 Å². The summed E-state index contributed by atoms with van der Waals surface area (Å²) in [5, 5.41) is 2.91. The largest absolute Gasteiger partial charge is 0.376 e. The Labute approximate surface area is 104 Å². The van der Waals surface area contributed by atoms with Crippen molar-refractivity contribution in [3.63, 3.8) is 0 Å². The number of nitrogens with zero attached hydrogens (tertiary/aromatic N) is 2. The summed E-state index contributed by atoms with van der Waals surface area (Å²) in [6.07, 6.45) is 5.46. The zero-order valence-electron chi connectivity index (χ0n) is 9.73. The molecular weight excluding hydrogens is 238 g/mol. The van der Waals surface area contributed by atoms with Crippen LogP contribution < -0.4 is 5.32 Å². The fourth-order valence-electron chi connectivity index (χ4n) is 1.82. The molecule has 0 bridgehead atoms. The molecule has 2 heterocycles. The molecule has 0 aromatic carbocycles. The Morgan fingerprint density at radius 2 is 2.12 bits per heavy atom. The summed E-state index contributed by atoms with van der Waals surface area (Å²) < 4.78 is 0. The van der Waals surface area contributed by atoms with Crippen molar-refractivity contribution < 1.29 is 9.59 Å². The molecule has 17 heavy (non-hydrogen) atoms. The first kappa shape index (κ1) is 12.2. The summed E-state index contributed by atoms with van der Waals surface area (Å²) in [5.41, 5.74) is 0. The van der Waals surface area contributed by atoms with E-state index >= 15 is 0 Å².